The Hall–Kier alpha value is -3.23. The van der Waals surface area contributed by atoms with E-state index < -0.39 is 5.56 Å². The monoisotopic (exact) mass is 455 g/mol. The van der Waals surface area contributed by atoms with Crippen LogP contribution in [0.2, 0.25) is 0 Å². The summed E-state index contributed by atoms with van der Waals surface area (Å²) in [7, 11) is 3.85. The zero-order valence-electron chi connectivity index (χ0n) is 17.3. The smallest absolute Gasteiger partial charge is 0.270 e. The second kappa shape index (κ2) is 10.2. The summed E-state index contributed by atoms with van der Waals surface area (Å²) < 4.78 is 0. The van der Waals surface area contributed by atoms with Crippen molar-refractivity contribution in [2.24, 2.45) is 0 Å². The molecule has 0 spiro atoms. The summed E-state index contributed by atoms with van der Waals surface area (Å²) in [5.74, 6) is -0.260. The summed E-state index contributed by atoms with van der Waals surface area (Å²) in [6.07, 6.45) is 1.77. The van der Waals surface area contributed by atoms with E-state index in [1.807, 2.05) is 56.3 Å². The third-order valence-electron chi connectivity index (χ3n) is 4.18. The molecule has 2 heterocycles. The first-order valence-corrected chi connectivity index (χ1v) is 11.3. The minimum atomic E-state index is -0.541. The number of nitrogens with one attached hydrogen (secondary N) is 2. The van der Waals surface area contributed by atoms with Crippen LogP contribution in [0, 0.1) is 11.3 Å². The maximum atomic E-state index is 12.4. The summed E-state index contributed by atoms with van der Waals surface area (Å²) in [6, 6.07) is 9.30. The highest BCUT2D eigenvalue weighted by Gasteiger charge is 2.15. The van der Waals surface area contributed by atoms with Crippen molar-refractivity contribution in [2.75, 3.05) is 30.1 Å². The van der Waals surface area contributed by atoms with Gasteiger partial charge in [0.05, 0.1) is 11.4 Å². The van der Waals surface area contributed by atoms with E-state index in [2.05, 4.69) is 25.5 Å². The summed E-state index contributed by atoms with van der Waals surface area (Å²) in [4.78, 5) is 33.6. The van der Waals surface area contributed by atoms with Gasteiger partial charge in [-0.1, -0.05) is 42.2 Å². The predicted molar refractivity (Wildman–Crippen MR) is 123 cm³/mol. The molecule has 0 aliphatic rings. The molecule has 2 N–H and O–H groups in total. The SMILES string of the molecule is CCCc1nnc(NC(=O)CSc2nc(-c3ccc(N(C)C)cc3)c(C#N)c(=O)[nH]2)s1. The van der Waals surface area contributed by atoms with Gasteiger partial charge in [0.15, 0.2) is 5.16 Å². The second-order valence-corrected chi connectivity index (χ2v) is 8.76. The van der Waals surface area contributed by atoms with Crippen LogP contribution in [0.4, 0.5) is 10.8 Å². The fourth-order valence-electron chi connectivity index (χ4n) is 2.66. The van der Waals surface area contributed by atoms with E-state index in [4.69, 9.17) is 0 Å². The van der Waals surface area contributed by atoms with Crippen LogP contribution >= 0.6 is 23.1 Å². The van der Waals surface area contributed by atoms with E-state index in [0.29, 0.717) is 10.7 Å². The number of carbonyl (C=O) groups is 1. The molecule has 160 valence electrons. The van der Waals surface area contributed by atoms with Gasteiger partial charge in [-0.05, 0) is 18.6 Å². The highest BCUT2D eigenvalue weighted by Crippen LogP contribution is 2.24. The van der Waals surface area contributed by atoms with Crippen LogP contribution in [0.3, 0.4) is 0 Å². The van der Waals surface area contributed by atoms with Gasteiger partial charge < -0.3 is 9.88 Å². The van der Waals surface area contributed by atoms with E-state index in [0.717, 1.165) is 35.3 Å². The molecule has 1 aromatic carbocycles. The van der Waals surface area contributed by atoms with Gasteiger partial charge >= 0.3 is 0 Å². The van der Waals surface area contributed by atoms with Crippen molar-refractivity contribution in [3.05, 3.63) is 45.2 Å². The first kappa shape index (κ1) is 22.5. The van der Waals surface area contributed by atoms with E-state index in [1.54, 1.807) is 0 Å². The van der Waals surface area contributed by atoms with Crippen molar-refractivity contribution in [2.45, 2.75) is 24.9 Å². The van der Waals surface area contributed by atoms with Gasteiger partial charge in [-0.3, -0.25) is 14.9 Å². The third-order valence-corrected chi connectivity index (χ3v) is 5.96. The molecule has 11 heteroatoms. The summed E-state index contributed by atoms with van der Waals surface area (Å²) in [5, 5.41) is 21.7. The molecule has 2 aromatic heterocycles. The Bertz CT molecular complexity index is 1160. The molecule has 31 heavy (non-hydrogen) atoms. The highest BCUT2D eigenvalue weighted by atomic mass is 32.2. The van der Waals surface area contributed by atoms with Crippen LogP contribution < -0.4 is 15.8 Å². The third kappa shape index (κ3) is 5.68. The average Bonchev–Trinajstić information content (AvgIpc) is 3.19. The number of amides is 1. The molecule has 0 radical (unpaired) electrons. The minimum Gasteiger partial charge on any atom is -0.378 e. The lowest BCUT2D eigenvalue weighted by atomic mass is 10.1. The van der Waals surface area contributed by atoms with Gasteiger partial charge in [-0.25, -0.2) is 4.98 Å². The second-order valence-electron chi connectivity index (χ2n) is 6.74. The van der Waals surface area contributed by atoms with Crippen LogP contribution in [0.5, 0.6) is 0 Å². The number of benzene rings is 1. The fourth-order valence-corrected chi connectivity index (χ4v) is 4.18. The van der Waals surface area contributed by atoms with Gasteiger partial charge in [0, 0.05) is 31.8 Å². The Morgan fingerprint density at radius 2 is 2.03 bits per heavy atom. The van der Waals surface area contributed by atoms with Gasteiger partial charge in [0.25, 0.3) is 5.56 Å². The van der Waals surface area contributed by atoms with Crippen molar-refractivity contribution in [3.8, 4) is 17.3 Å². The van der Waals surface area contributed by atoms with Crippen molar-refractivity contribution < 1.29 is 4.79 Å². The quantitative estimate of drug-likeness (QED) is 0.392. The van der Waals surface area contributed by atoms with E-state index in [1.165, 1.54) is 11.3 Å². The van der Waals surface area contributed by atoms with Crippen molar-refractivity contribution in [1.29, 1.82) is 5.26 Å². The van der Waals surface area contributed by atoms with Crippen LogP contribution in [-0.2, 0) is 11.2 Å². The van der Waals surface area contributed by atoms with Crippen molar-refractivity contribution >= 4 is 39.8 Å². The number of rotatable bonds is 8. The first-order valence-electron chi connectivity index (χ1n) is 9.48. The van der Waals surface area contributed by atoms with Crippen LogP contribution in [0.15, 0.2) is 34.2 Å². The van der Waals surface area contributed by atoms with E-state index >= 15 is 0 Å². The van der Waals surface area contributed by atoms with E-state index in [-0.39, 0.29) is 28.1 Å². The number of nitrogens with zero attached hydrogens (tertiary/aromatic N) is 5. The Kier molecular flexibility index (Phi) is 7.38. The molecule has 0 saturated heterocycles. The molecule has 0 aliphatic carbocycles. The lowest BCUT2D eigenvalue weighted by Crippen LogP contribution is -2.17. The molecule has 0 saturated carbocycles. The summed E-state index contributed by atoms with van der Waals surface area (Å²) in [6.45, 7) is 2.05. The molecule has 1 amide bonds. The van der Waals surface area contributed by atoms with E-state index in [9.17, 15) is 14.9 Å². The Morgan fingerprint density at radius 3 is 2.68 bits per heavy atom. The maximum absolute atomic E-state index is 12.4. The van der Waals surface area contributed by atoms with Gasteiger partial charge in [-0.15, -0.1) is 10.2 Å². The normalized spacial score (nSPS) is 10.5. The molecule has 0 fully saturated rings. The minimum absolute atomic E-state index is 0.0243. The number of anilines is 2. The predicted octanol–water partition coefficient (Wildman–Crippen LogP) is 2.91. The number of H-pyrrole nitrogens is 1. The van der Waals surface area contributed by atoms with Crippen molar-refractivity contribution in [1.82, 2.24) is 20.2 Å². The number of thioether (sulfide) groups is 1. The Labute approximate surface area is 187 Å². The number of aromatic nitrogens is 4. The van der Waals surface area contributed by atoms with Gasteiger partial charge in [0.2, 0.25) is 11.0 Å². The van der Waals surface area contributed by atoms with Crippen molar-refractivity contribution in [3.63, 3.8) is 0 Å². The van der Waals surface area contributed by atoms with Gasteiger partial charge in [-0.2, -0.15) is 5.26 Å². The number of nitriles is 1. The average molecular weight is 456 g/mol. The molecule has 0 aliphatic heterocycles. The lowest BCUT2D eigenvalue weighted by molar-refractivity contribution is -0.113. The van der Waals surface area contributed by atoms with Crippen LogP contribution in [0.25, 0.3) is 11.3 Å². The molecule has 0 unspecified atom stereocenters. The number of aromatic amines is 1. The standard InChI is InChI=1S/C20H21N7O2S2/c1-4-5-16-25-26-20(31-16)22-15(28)11-30-19-23-17(14(10-21)18(29)24-19)12-6-8-13(9-7-12)27(2)3/h6-9H,4-5,11H2,1-3H3,(H,22,26,28)(H,23,24,29). The number of aryl methyl sites for hydroxylation is 1. The summed E-state index contributed by atoms with van der Waals surface area (Å²) >= 11 is 2.42. The van der Waals surface area contributed by atoms with Crippen LogP contribution in [0.1, 0.15) is 23.9 Å². The first-order chi connectivity index (χ1) is 14.9. The van der Waals surface area contributed by atoms with Gasteiger partial charge in [0.1, 0.15) is 16.6 Å². The Balaban J connectivity index is 1.75. The summed E-state index contributed by atoms with van der Waals surface area (Å²) in [5.41, 5.74) is 1.31. The topological polar surface area (TPSA) is 128 Å². The molecular weight excluding hydrogens is 434 g/mol. The molecular formula is C20H21N7O2S2. The maximum Gasteiger partial charge on any atom is 0.270 e. The number of hydrogen-bond acceptors (Lipinski definition) is 9. The zero-order chi connectivity index (χ0) is 22.4. The molecule has 9 nitrogen and oxygen atoms in total. The lowest BCUT2D eigenvalue weighted by Gasteiger charge is -2.13. The number of hydrogen-bond donors (Lipinski definition) is 2. The molecule has 3 aromatic rings. The fraction of sp³-hybridized carbons (Fsp3) is 0.300. The largest absolute Gasteiger partial charge is 0.378 e. The zero-order valence-corrected chi connectivity index (χ0v) is 18.9. The molecule has 0 atom stereocenters. The number of carbonyl (C=O) groups excluding carboxylic acids is 1. The molecule has 3 rings (SSSR count). The highest BCUT2D eigenvalue weighted by molar-refractivity contribution is 7.99. The Morgan fingerprint density at radius 1 is 1.29 bits per heavy atom. The van der Waals surface area contributed by atoms with Crippen LogP contribution in [-0.4, -0.2) is 45.9 Å². The molecule has 0 bridgehead atoms.